The van der Waals surface area contributed by atoms with Crippen molar-refractivity contribution in [3.05, 3.63) is 29.8 Å². The molecule has 3 nitrogen and oxygen atoms in total. The molecule has 4 saturated carbocycles. The van der Waals surface area contributed by atoms with E-state index in [1.54, 1.807) is 7.11 Å². The zero-order valence-electron chi connectivity index (χ0n) is 18.3. The molecule has 0 saturated heterocycles. The van der Waals surface area contributed by atoms with Crippen LogP contribution in [-0.2, 0) is 11.3 Å². The van der Waals surface area contributed by atoms with Gasteiger partial charge in [0, 0.05) is 17.1 Å². The second kappa shape index (κ2) is 9.20. The van der Waals surface area contributed by atoms with Crippen molar-refractivity contribution < 1.29 is 14.6 Å². The molecule has 4 aliphatic carbocycles. The molecule has 0 heterocycles. The van der Waals surface area contributed by atoms with Crippen LogP contribution in [0.1, 0.15) is 64.4 Å². The van der Waals surface area contributed by atoms with Crippen LogP contribution in [0.25, 0.3) is 0 Å². The highest BCUT2D eigenvalue weighted by Crippen LogP contribution is 2.64. The SMILES string of the molecule is COc1ccc(COCC[C@@H]2[C@H](S[C@@H]3CCCC[C@H]3O)C[C@H]3C[C@@H]2C3(C)C)cc1. The predicted molar refractivity (Wildman–Crippen MR) is 120 cm³/mol. The molecule has 0 unspecified atom stereocenters. The Morgan fingerprint density at radius 3 is 2.52 bits per heavy atom. The summed E-state index contributed by atoms with van der Waals surface area (Å²) in [4.78, 5) is 0. The molecule has 5 rings (SSSR count). The molecule has 4 fully saturated rings. The predicted octanol–water partition coefficient (Wildman–Crippen LogP) is 5.69. The summed E-state index contributed by atoms with van der Waals surface area (Å²) in [5.74, 6) is 3.32. The van der Waals surface area contributed by atoms with E-state index in [0.29, 0.717) is 22.5 Å². The third-order valence-corrected chi connectivity index (χ3v) is 9.89. The highest BCUT2D eigenvalue weighted by molar-refractivity contribution is 8.00. The van der Waals surface area contributed by atoms with Crippen LogP contribution in [-0.4, -0.2) is 35.4 Å². The molecule has 4 heteroatoms. The van der Waals surface area contributed by atoms with Gasteiger partial charge < -0.3 is 14.6 Å². The third kappa shape index (κ3) is 4.65. The van der Waals surface area contributed by atoms with Gasteiger partial charge in [0.25, 0.3) is 0 Å². The topological polar surface area (TPSA) is 38.7 Å². The van der Waals surface area contributed by atoms with Crippen LogP contribution >= 0.6 is 11.8 Å². The number of thioether (sulfide) groups is 1. The molecule has 1 N–H and O–H groups in total. The van der Waals surface area contributed by atoms with Gasteiger partial charge in [-0.2, -0.15) is 11.8 Å². The Kier molecular flexibility index (Phi) is 6.82. The number of hydrogen-bond donors (Lipinski definition) is 1. The summed E-state index contributed by atoms with van der Waals surface area (Å²) in [5.41, 5.74) is 1.69. The number of rotatable bonds is 8. The van der Waals surface area contributed by atoms with E-state index in [0.717, 1.165) is 43.0 Å². The van der Waals surface area contributed by atoms with Crippen molar-refractivity contribution in [2.75, 3.05) is 13.7 Å². The van der Waals surface area contributed by atoms with Crippen molar-refractivity contribution in [1.29, 1.82) is 0 Å². The Hall–Kier alpha value is -0.710. The first-order chi connectivity index (χ1) is 14.0. The second-order valence-electron chi connectivity index (χ2n) is 10.0. The maximum Gasteiger partial charge on any atom is 0.118 e. The molecule has 0 aromatic heterocycles. The van der Waals surface area contributed by atoms with Gasteiger partial charge in [0.05, 0.1) is 19.8 Å². The van der Waals surface area contributed by atoms with E-state index in [1.165, 1.54) is 37.7 Å². The molecule has 4 aliphatic rings. The average Bonchev–Trinajstić information content (AvgIpc) is 2.73. The van der Waals surface area contributed by atoms with Crippen molar-refractivity contribution in [2.45, 2.75) is 82.0 Å². The first kappa shape index (κ1) is 21.5. The van der Waals surface area contributed by atoms with E-state index >= 15 is 0 Å². The van der Waals surface area contributed by atoms with Crippen LogP contribution in [0.3, 0.4) is 0 Å². The molecule has 0 amide bonds. The number of benzene rings is 1. The number of methoxy groups -OCH3 is 1. The Balaban J connectivity index is 1.31. The maximum absolute atomic E-state index is 10.5. The number of aliphatic hydroxyl groups excluding tert-OH is 1. The fourth-order valence-electron chi connectivity index (χ4n) is 6.03. The molecule has 6 atom stereocenters. The van der Waals surface area contributed by atoms with Crippen molar-refractivity contribution in [1.82, 2.24) is 0 Å². The lowest BCUT2D eigenvalue weighted by Gasteiger charge is -2.63. The van der Waals surface area contributed by atoms with Crippen molar-refractivity contribution >= 4 is 11.8 Å². The monoisotopic (exact) mass is 418 g/mol. The first-order valence-electron chi connectivity index (χ1n) is 11.5. The molecule has 162 valence electrons. The summed E-state index contributed by atoms with van der Waals surface area (Å²) in [7, 11) is 1.70. The van der Waals surface area contributed by atoms with Crippen molar-refractivity contribution in [3.63, 3.8) is 0 Å². The summed E-state index contributed by atoms with van der Waals surface area (Å²) >= 11 is 2.13. The zero-order chi connectivity index (χ0) is 20.4. The summed E-state index contributed by atoms with van der Waals surface area (Å²) in [5, 5.41) is 11.6. The Bertz CT molecular complexity index is 659. The first-order valence-corrected chi connectivity index (χ1v) is 12.5. The lowest BCUT2D eigenvalue weighted by molar-refractivity contribution is -0.107. The van der Waals surface area contributed by atoms with Gasteiger partial charge in [-0.15, -0.1) is 0 Å². The van der Waals surface area contributed by atoms with Gasteiger partial charge in [0.1, 0.15) is 5.75 Å². The molecule has 0 aliphatic heterocycles. The fraction of sp³-hybridized carbons (Fsp3) is 0.760. The lowest BCUT2D eigenvalue weighted by atomic mass is 9.45. The summed E-state index contributed by atoms with van der Waals surface area (Å²) in [6.45, 7) is 6.46. The van der Waals surface area contributed by atoms with Crippen LogP contribution in [0.5, 0.6) is 5.75 Å². The maximum atomic E-state index is 10.5. The second-order valence-corrected chi connectivity index (χ2v) is 11.5. The fourth-order valence-corrected chi connectivity index (χ4v) is 7.97. The molecule has 0 radical (unpaired) electrons. The Morgan fingerprint density at radius 2 is 1.83 bits per heavy atom. The van der Waals surface area contributed by atoms with E-state index in [9.17, 15) is 5.11 Å². The van der Waals surface area contributed by atoms with Gasteiger partial charge in [-0.05, 0) is 73.0 Å². The van der Waals surface area contributed by atoms with E-state index in [1.807, 2.05) is 12.1 Å². The molecular weight excluding hydrogens is 380 g/mol. The lowest BCUT2D eigenvalue weighted by Crippen LogP contribution is -2.57. The third-order valence-electron chi connectivity index (χ3n) is 8.10. The summed E-state index contributed by atoms with van der Waals surface area (Å²) < 4.78 is 11.3. The van der Waals surface area contributed by atoms with Crippen LogP contribution < -0.4 is 4.74 Å². The summed E-state index contributed by atoms with van der Waals surface area (Å²) in [6.07, 6.45) is 8.48. The minimum Gasteiger partial charge on any atom is -0.497 e. The minimum atomic E-state index is -0.0908. The number of hydrogen-bond acceptors (Lipinski definition) is 4. The Labute approximate surface area is 180 Å². The Morgan fingerprint density at radius 1 is 1.07 bits per heavy atom. The van der Waals surface area contributed by atoms with Gasteiger partial charge >= 0.3 is 0 Å². The van der Waals surface area contributed by atoms with E-state index in [-0.39, 0.29) is 6.10 Å². The molecule has 29 heavy (non-hydrogen) atoms. The highest BCUT2D eigenvalue weighted by Gasteiger charge is 2.57. The molecular formula is C25H38O3S. The van der Waals surface area contributed by atoms with E-state index in [2.05, 4.69) is 37.7 Å². The normalized spacial score (nSPS) is 35.7. The zero-order valence-corrected chi connectivity index (χ0v) is 19.1. The molecule has 1 aromatic rings. The van der Waals surface area contributed by atoms with Gasteiger partial charge in [0.15, 0.2) is 0 Å². The quantitative estimate of drug-likeness (QED) is 0.551. The van der Waals surface area contributed by atoms with Gasteiger partial charge in [-0.1, -0.05) is 38.8 Å². The van der Waals surface area contributed by atoms with Crippen molar-refractivity contribution in [3.8, 4) is 5.75 Å². The largest absolute Gasteiger partial charge is 0.497 e. The van der Waals surface area contributed by atoms with Crippen LogP contribution in [0, 0.1) is 23.2 Å². The van der Waals surface area contributed by atoms with Gasteiger partial charge in [0.2, 0.25) is 0 Å². The van der Waals surface area contributed by atoms with E-state index in [4.69, 9.17) is 9.47 Å². The average molecular weight is 419 g/mol. The highest BCUT2D eigenvalue weighted by atomic mass is 32.2. The smallest absolute Gasteiger partial charge is 0.118 e. The van der Waals surface area contributed by atoms with Crippen LogP contribution in [0.2, 0.25) is 0 Å². The molecule has 1 aromatic carbocycles. The molecule has 0 spiro atoms. The van der Waals surface area contributed by atoms with Gasteiger partial charge in [-0.25, -0.2) is 0 Å². The number of fused-ring (bicyclic) bond motifs is 2. The van der Waals surface area contributed by atoms with Crippen molar-refractivity contribution in [2.24, 2.45) is 23.2 Å². The number of aliphatic hydroxyl groups is 1. The number of ether oxygens (including phenoxy) is 2. The van der Waals surface area contributed by atoms with E-state index < -0.39 is 0 Å². The molecule has 2 bridgehead atoms. The minimum absolute atomic E-state index is 0.0908. The summed E-state index contributed by atoms with van der Waals surface area (Å²) in [6, 6.07) is 8.17. The van der Waals surface area contributed by atoms with Gasteiger partial charge in [-0.3, -0.25) is 0 Å². The van der Waals surface area contributed by atoms with Crippen LogP contribution in [0.4, 0.5) is 0 Å². The standard InChI is InChI=1S/C25H38O3S/c1-25(2)18-14-21(25)20(24(15-18)29-23-7-5-4-6-22(23)26)12-13-28-16-17-8-10-19(27-3)11-9-17/h8-11,18,20-24,26H,4-7,12-16H2,1-3H3/t18-,20+,21+,22-,23-,24-/m1/s1. The van der Waals surface area contributed by atoms with Crippen LogP contribution in [0.15, 0.2) is 24.3 Å².